The summed E-state index contributed by atoms with van der Waals surface area (Å²) in [6.07, 6.45) is 1.81. The van der Waals surface area contributed by atoms with Gasteiger partial charge in [-0.25, -0.2) is 4.98 Å². The first-order valence-corrected chi connectivity index (χ1v) is 8.68. The Morgan fingerprint density at radius 3 is 2.71 bits per heavy atom. The summed E-state index contributed by atoms with van der Waals surface area (Å²) < 4.78 is 5.35. The number of halogens is 2. The summed E-state index contributed by atoms with van der Waals surface area (Å²) in [5, 5.41) is 0.527. The predicted octanol–water partition coefficient (Wildman–Crippen LogP) is 4.35. The maximum atomic E-state index is 12.2. The molecule has 24 heavy (non-hydrogen) atoms. The van der Waals surface area contributed by atoms with E-state index in [4.69, 9.17) is 27.9 Å². The van der Waals surface area contributed by atoms with Crippen molar-refractivity contribution in [3.8, 4) is 0 Å². The molecule has 0 radical (unpaired) electrons. The molecule has 1 aromatic heterocycles. The largest absolute Gasteiger partial charge is 0.460 e. The number of carbonyl (C=O) groups excluding carboxylic acids is 2. The number of ether oxygens (including phenoxy) is 1. The molecule has 0 spiro atoms. The summed E-state index contributed by atoms with van der Waals surface area (Å²) in [5.41, 5.74) is 0.927. The van der Waals surface area contributed by atoms with Gasteiger partial charge in [-0.1, -0.05) is 23.2 Å². The smallest absolute Gasteiger partial charge is 0.306 e. The zero-order chi connectivity index (χ0) is 18.1. The molecule has 1 unspecified atom stereocenters. The number of pyridine rings is 1. The van der Waals surface area contributed by atoms with Crippen LogP contribution in [0, 0.1) is 0 Å². The second kappa shape index (κ2) is 7.28. The number of anilines is 1. The van der Waals surface area contributed by atoms with Crippen LogP contribution in [-0.2, 0) is 14.3 Å². The van der Waals surface area contributed by atoms with Gasteiger partial charge < -0.3 is 9.64 Å². The van der Waals surface area contributed by atoms with Crippen LogP contribution in [0.1, 0.15) is 57.9 Å². The van der Waals surface area contributed by atoms with Crippen molar-refractivity contribution >= 4 is 40.8 Å². The fraction of sp³-hybridized carbons (Fsp3) is 0.588. The first kappa shape index (κ1) is 19.0. The van der Waals surface area contributed by atoms with Crippen molar-refractivity contribution in [3.05, 3.63) is 21.9 Å². The predicted molar refractivity (Wildman–Crippen MR) is 94.7 cm³/mol. The Kier molecular flexibility index (Phi) is 5.76. The van der Waals surface area contributed by atoms with Gasteiger partial charge in [-0.3, -0.25) is 9.59 Å². The van der Waals surface area contributed by atoms with Gasteiger partial charge in [0.25, 0.3) is 0 Å². The van der Waals surface area contributed by atoms with E-state index in [1.165, 1.54) is 0 Å². The standard InChI is InChI=1S/C17H22Cl2N2O3/c1-17(2,3)24-14(23)8-6-10-5-7-13(22)21(4)11-9-12(18)20-16(19)15(10)11/h9-10H,5-8H2,1-4H3. The molecule has 5 nitrogen and oxygen atoms in total. The van der Waals surface area contributed by atoms with Gasteiger partial charge in [-0.05, 0) is 45.6 Å². The summed E-state index contributed by atoms with van der Waals surface area (Å²) in [7, 11) is 1.70. The van der Waals surface area contributed by atoms with Crippen LogP contribution < -0.4 is 4.90 Å². The molecule has 2 rings (SSSR count). The monoisotopic (exact) mass is 372 g/mol. The molecule has 0 fully saturated rings. The SMILES string of the molecule is CN1C(=O)CCC(CCC(=O)OC(C)(C)C)c2c1cc(Cl)nc2Cl. The lowest BCUT2D eigenvalue weighted by atomic mass is 9.91. The fourth-order valence-corrected chi connectivity index (χ4v) is 3.43. The maximum absolute atomic E-state index is 12.2. The Bertz CT molecular complexity index is 656. The number of fused-ring (bicyclic) bond motifs is 1. The Labute approximate surface area is 152 Å². The molecule has 0 saturated heterocycles. The van der Waals surface area contributed by atoms with Gasteiger partial charge in [0, 0.05) is 25.5 Å². The Balaban J connectivity index is 2.24. The van der Waals surface area contributed by atoms with E-state index in [0.717, 1.165) is 5.56 Å². The molecule has 2 heterocycles. The molecule has 0 bridgehead atoms. The maximum Gasteiger partial charge on any atom is 0.306 e. The third-order valence-electron chi connectivity index (χ3n) is 3.93. The minimum Gasteiger partial charge on any atom is -0.460 e. The van der Waals surface area contributed by atoms with Crippen molar-refractivity contribution in [2.24, 2.45) is 0 Å². The topological polar surface area (TPSA) is 59.5 Å². The summed E-state index contributed by atoms with van der Waals surface area (Å²) in [5.74, 6) is -0.306. The van der Waals surface area contributed by atoms with E-state index in [9.17, 15) is 9.59 Å². The number of aromatic nitrogens is 1. The lowest BCUT2D eigenvalue weighted by Gasteiger charge is -2.23. The highest BCUT2D eigenvalue weighted by Crippen LogP contribution is 2.41. The van der Waals surface area contributed by atoms with E-state index in [1.807, 2.05) is 20.8 Å². The number of carbonyl (C=O) groups is 2. The molecule has 1 amide bonds. The van der Waals surface area contributed by atoms with Crippen LogP contribution in [0.5, 0.6) is 0 Å². The minimum absolute atomic E-state index is 0.00523. The van der Waals surface area contributed by atoms with E-state index in [2.05, 4.69) is 4.98 Å². The summed E-state index contributed by atoms with van der Waals surface area (Å²) in [6, 6.07) is 1.65. The van der Waals surface area contributed by atoms with Crippen LogP contribution in [0.4, 0.5) is 5.69 Å². The minimum atomic E-state index is -0.513. The molecule has 0 saturated carbocycles. The van der Waals surface area contributed by atoms with Gasteiger partial charge >= 0.3 is 5.97 Å². The van der Waals surface area contributed by atoms with Crippen molar-refractivity contribution in [1.82, 2.24) is 4.98 Å². The van der Waals surface area contributed by atoms with Crippen molar-refractivity contribution < 1.29 is 14.3 Å². The molecule has 0 aromatic carbocycles. The van der Waals surface area contributed by atoms with E-state index in [0.29, 0.717) is 24.9 Å². The number of hydrogen-bond acceptors (Lipinski definition) is 4. The van der Waals surface area contributed by atoms with E-state index >= 15 is 0 Å². The van der Waals surface area contributed by atoms with E-state index < -0.39 is 5.60 Å². The quantitative estimate of drug-likeness (QED) is 0.584. The highest BCUT2D eigenvalue weighted by molar-refractivity contribution is 6.33. The second-order valence-corrected chi connectivity index (χ2v) is 7.73. The average molecular weight is 373 g/mol. The van der Waals surface area contributed by atoms with Gasteiger partial charge in [0.1, 0.15) is 15.9 Å². The van der Waals surface area contributed by atoms with Crippen LogP contribution >= 0.6 is 23.2 Å². The number of amides is 1. The number of esters is 1. The highest BCUT2D eigenvalue weighted by Gasteiger charge is 2.30. The highest BCUT2D eigenvalue weighted by atomic mass is 35.5. The molecule has 0 N–H and O–H groups in total. The van der Waals surface area contributed by atoms with Crippen LogP contribution in [0.25, 0.3) is 0 Å². The zero-order valence-corrected chi connectivity index (χ0v) is 15.9. The lowest BCUT2D eigenvalue weighted by Crippen LogP contribution is -2.25. The Morgan fingerprint density at radius 2 is 2.08 bits per heavy atom. The Morgan fingerprint density at radius 1 is 1.42 bits per heavy atom. The molecular formula is C17H22Cl2N2O3. The molecule has 132 valence electrons. The van der Waals surface area contributed by atoms with Crippen molar-refractivity contribution in [2.45, 2.75) is 58.0 Å². The molecular weight excluding hydrogens is 351 g/mol. The van der Waals surface area contributed by atoms with E-state index in [1.54, 1.807) is 18.0 Å². The molecule has 1 atom stereocenters. The molecule has 1 aromatic rings. The summed E-state index contributed by atoms with van der Waals surface area (Å²) in [4.78, 5) is 29.9. The first-order valence-electron chi connectivity index (χ1n) is 7.93. The molecule has 1 aliphatic rings. The number of nitrogens with zero attached hydrogens (tertiary/aromatic N) is 2. The lowest BCUT2D eigenvalue weighted by molar-refractivity contribution is -0.155. The normalized spacial score (nSPS) is 18.2. The van der Waals surface area contributed by atoms with Crippen LogP contribution in [0.15, 0.2) is 6.07 Å². The van der Waals surface area contributed by atoms with Gasteiger partial charge in [0.2, 0.25) is 5.91 Å². The Hall–Kier alpha value is -1.33. The molecule has 0 aliphatic carbocycles. The third kappa shape index (κ3) is 4.61. The number of rotatable bonds is 3. The van der Waals surface area contributed by atoms with Crippen LogP contribution in [0.3, 0.4) is 0 Å². The second-order valence-electron chi connectivity index (χ2n) is 6.98. The first-order chi connectivity index (χ1) is 11.1. The summed E-state index contributed by atoms with van der Waals surface area (Å²) >= 11 is 12.3. The van der Waals surface area contributed by atoms with Gasteiger partial charge in [-0.2, -0.15) is 0 Å². The van der Waals surface area contributed by atoms with Crippen molar-refractivity contribution in [2.75, 3.05) is 11.9 Å². The van der Waals surface area contributed by atoms with E-state index in [-0.39, 0.29) is 34.5 Å². The van der Waals surface area contributed by atoms with Crippen molar-refractivity contribution in [1.29, 1.82) is 0 Å². The van der Waals surface area contributed by atoms with Gasteiger partial charge in [-0.15, -0.1) is 0 Å². The third-order valence-corrected chi connectivity index (χ3v) is 4.41. The molecule has 7 heteroatoms. The van der Waals surface area contributed by atoms with Crippen molar-refractivity contribution in [3.63, 3.8) is 0 Å². The summed E-state index contributed by atoms with van der Waals surface area (Å²) in [6.45, 7) is 5.51. The van der Waals surface area contributed by atoms with Gasteiger partial charge in [0.05, 0.1) is 5.69 Å². The fourth-order valence-electron chi connectivity index (χ4n) is 2.85. The average Bonchev–Trinajstić information content (AvgIpc) is 2.55. The van der Waals surface area contributed by atoms with Crippen LogP contribution in [0.2, 0.25) is 10.3 Å². The number of hydrogen-bond donors (Lipinski definition) is 0. The van der Waals surface area contributed by atoms with Gasteiger partial charge in [0.15, 0.2) is 0 Å². The molecule has 1 aliphatic heterocycles. The zero-order valence-electron chi connectivity index (χ0n) is 14.4. The van der Waals surface area contributed by atoms with Crippen LogP contribution in [-0.4, -0.2) is 29.5 Å².